The van der Waals surface area contributed by atoms with Crippen LogP contribution in [-0.2, 0) is 0 Å². The average molecular weight is 244 g/mol. The van der Waals surface area contributed by atoms with Crippen LogP contribution in [0.5, 0.6) is 0 Å². The van der Waals surface area contributed by atoms with Gasteiger partial charge in [-0.2, -0.15) is 0 Å². The van der Waals surface area contributed by atoms with E-state index in [1.807, 2.05) is 24.3 Å². The quantitative estimate of drug-likeness (QED) is 0.523. The SMILES string of the molecule is Clc1cccc(C#CCCBr)c1. The molecule has 1 aromatic carbocycles. The predicted molar refractivity (Wildman–Crippen MR) is 56.7 cm³/mol. The van der Waals surface area contributed by atoms with Crippen LogP contribution < -0.4 is 0 Å². The summed E-state index contributed by atoms with van der Waals surface area (Å²) in [4.78, 5) is 0. The molecule has 12 heavy (non-hydrogen) atoms. The Balaban J connectivity index is 2.71. The zero-order chi connectivity index (χ0) is 8.81. The molecule has 0 radical (unpaired) electrons. The van der Waals surface area contributed by atoms with E-state index in [2.05, 4.69) is 27.8 Å². The standard InChI is InChI=1S/C10H8BrCl/c11-7-2-1-4-9-5-3-6-10(12)8-9/h3,5-6,8H,2,7H2. The Labute approximate surface area is 86.1 Å². The van der Waals surface area contributed by atoms with E-state index < -0.39 is 0 Å². The van der Waals surface area contributed by atoms with Crippen LogP contribution in [0.3, 0.4) is 0 Å². The molecule has 0 aliphatic carbocycles. The molecular weight excluding hydrogens is 235 g/mol. The van der Waals surface area contributed by atoms with E-state index in [-0.39, 0.29) is 0 Å². The first-order valence-electron chi connectivity index (χ1n) is 3.63. The van der Waals surface area contributed by atoms with Crippen molar-refractivity contribution in [2.45, 2.75) is 6.42 Å². The van der Waals surface area contributed by atoms with Crippen molar-refractivity contribution >= 4 is 27.5 Å². The van der Waals surface area contributed by atoms with Crippen LogP contribution >= 0.6 is 27.5 Å². The molecule has 0 saturated heterocycles. The van der Waals surface area contributed by atoms with Gasteiger partial charge in [0, 0.05) is 22.3 Å². The third-order valence-electron chi connectivity index (χ3n) is 1.28. The highest BCUT2D eigenvalue weighted by Crippen LogP contribution is 2.09. The van der Waals surface area contributed by atoms with Crippen molar-refractivity contribution < 1.29 is 0 Å². The molecule has 0 aromatic heterocycles. The van der Waals surface area contributed by atoms with Crippen LogP contribution in [0.1, 0.15) is 12.0 Å². The van der Waals surface area contributed by atoms with Gasteiger partial charge in [0.1, 0.15) is 0 Å². The Bertz CT molecular complexity index is 309. The van der Waals surface area contributed by atoms with Crippen LogP contribution in [-0.4, -0.2) is 5.33 Å². The summed E-state index contributed by atoms with van der Waals surface area (Å²) in [5.41, 5.74) is 0.975. The lowest BCUT2D eigenvalue weighted by Gasteiger charge is -1.89. The van der Waals surface area contributed by atoms with E-state index in [0.717, 1.165) is 22.3 Å². The summed E-state index contributed by atoms with van der Waals surface area (Å²) < 4.78 is 0. The highest BCUT2D eigenvalue weighted by molar-refractivity contribution is 9.09. The number of halogens is 2. The minimum Gasteiger partial charge on any atom is -0.0970 e. The maximum absolute atomic E-state index is 5.78. The Kier molecular flexibility index (Phi) is 4.21. The third kappa shape index (κ3) is 3.30. The van der Waals surface area contributed by atoms with E-state index in [1.165, 1.54) is 0 Å². The highest BCUT2D eigenvalue weighted by atomic mass is 79.9. The average Bonchev–Trinajstić information content (AvgIpc) is 2.05. The second-order valence-corrected chi connectivity index (χ2v) is 3.48. The van der Waals surface area contributed by atoms with Crippen molar-refractivity contribution in [3.05, 3.63) is 34.9 Å². The smallest absolute Gasteiger partial charge is 0.0418 e. The van der Waals surface area contributed by atoms with Gasteiger partial charge in [0.15, 0.2) is 0 Å². The molecule has 0 spiro atoms. The van der Waals surface area contributed by atoms with Crippen molar-refractivity contribution in [3.63, 3.8) is 0 Å². The van der Waals surface area contributed by atoms with E-state index >= 15 is 0 Å². The van der Waals surface area contributed by atoms with Gasteiger partial charge in [-0.3, -0.25) is 0 Å². The molecule has 0 nitrogen and oxygen atoms in total. The number of rotatable bonds is 1. The minimum atomic E-state index is 0.737. The van der Waals surface area contributed by atoms with Crippen LogP contribution in [0.4, 0.5) is 0 Å². The number of hydrogen-bond donors (Lipinski definition) is 0. The monoisotopic (exact) mass is 242 g/mol. The molecule has 62 valence electrons. The zero-order valence-electron chi connectivity index (χ0n) is 6.48. The summed E-state index contributed by atoms with van der Waals surface area (Å²) in [5, 5.41) is 1.65. The van der Waals surface area contributed by atoms with Crippen molar-refractivity contribution in [1.29, 1.82) is 0 Å². The Morgan fingerprint density at radius 3 is 2.92 bits per heavy atom. The van der Waals surface area contributed by atoms with Crippen molar-refractivity contribution in [2.75, 3.05) is 5.33 Å². The lowest BCUT2D eigenvalue weighted by atomic mass is 10.2. The Morgan fingerprint density at radius 2 is 2.25 bits per heavy atom. The first kappa shape index (κ1) is 9.64. The van der Waals surface area contributed by atoms with Crippen LogP contribution in [0, 0.1) is 11.8 Å². The van der Waals surface area contributed by atoms with Gasteiger partial charge >= 0.3 is 0 Å². The molecule has 0 unspecified atom stereocenters. The minimum absolute atomic E-state index is 0.737. The first-order chi connectivity index (χ1) is 5.83. The van der Waals surface area contributed by atoms with Crippen LogP contribution in [0.25, 0.3) is 0 Å². The molecule has 0 fully saturated rings. The molecule has 0 bridgehead atoms. The first-order valence-corrected chi connectivity index (χ1v) is 5.13. The van der Waals surface area contributed by atoms with Gasteiger partial charge < -0.3 is 0 Å². The normalized spacial score (nSPS) is 8.83. The van der Waals surface area contributed by atoms with Gasteiger partial charge in [-0.1, -0.05) is 45.4 Å². The summed E-state index contributed by atoms with van der Waals surface area (Å²) in [7, 11) is 0. The van der Waals surface area contributed by atoms with E-state index in [0.29, 0.717) is 0 Å². The fraction of sp³-hybridized carbons (Fsp3) is 0.200. The Morgan fingerprint density at radius 1 is 1.42 bits per heavy atom. The molecular formula is C10H8BrCl. The van der Waals surface area contributed by atoms with Crippen LogP contribution in [0.2, 0.25) is 5.02 Å². The van der Waals surface area contributed by atoms with E-state index in [1.54, 1.807) is 0 Å². The Hall–Kier alpha value is -0.450. The molecule has 0 amide bonds. The van der Waals surface area contributed by atoms with Crippen molar-refractivity contribution in [3.8, 4) is 11.8 Å². The fourth-order valence-electron chi connectivity index (χ4n) is 0.778. The second kappa shape index (κ2) is 5.24. The van der Waals surface area contributed by atoms with Crippen LogP contribution in [0.15, 0.2) is 24.3 Å². The molecule has 0 N–H and O–H groups in total. The van der Waals surface area contributed by atoms with Crippen molar-refractivity contribution in [1.82, 2.24) is 0 Å². The van der Waals surface area contributed by atoms with E-state index in [4.69, 9.17) is 11.6 Å². The predicted octanol–water partition coefficient (Wildman–Crippen LogP) is 3.48. The van der Waals surface area contributed by atoms with Gasteiger partial charge in [0.05, 0.1) is 0 Å². The molecule has 1 rings (SSSR count). The molecule has 0 saturated carbocycles. The molecule has 0 aliphatic heterocycles. The molecule has 0 atom stereocenters. The van der Waals surface area contributed by atoms with Crippen molar-refractivity contribution in [2.24, 2.45) is 0 Å². The summed E-state index contributed by atoms with van der Waals surface area (Å²) in [6, 6.07) is 7.56. The van der Waals surface area contributed by atoms with E-state index in [9.17, 15) is 0 Å². The third-order valence-corrected chi connectivity index (χ3v) is 1.91. The van der Waals surface area contributed by atoms with Gasteiger partial charge in [0.2, 0.25) is 0 Å². The number of benzene rings is 1. The molecule has 2 heteroatoms. The molecule has 1 aromatic rings. The lowest BCUT2D eigenvalue weighted by Crippen LogP contribution is -1.73. The lowest BCUT2D eigenvalue weighted by molar-refractivity contribution is 1.32. The second-order valence-electron chi connectivity index (χ2n) is 2.25. The maximum atomic E-state index is 5.78. The highest BCUT2D eigenvalue weighted by Gasteiger charge is 1.87. The largest absolute Gasteiger partial charge is 0.0970 e. The molecule has 0 heterocycles. The summed E-state index contributed by atoms with van der Waals surface area (Å²) >= 11 is 9.09. The molecule has 0 aliphatic rings. The van der Waals surface area contributed by atoms with Gasteiger partial charge in [-0.05, 0) is 18.2 Å². The van der Waals surface area contributed by atoms with Gasteiger partial charge in [-0.15, -0.1) is 0 Å². The summed E-state index contributed by atoms with van der Waals surface area (Å²) in [6.45, 7) is 0. The fourth-order valence-corrected chi connectivity index (χ4v) is 1.17. The number of alkyl halides is 1. The summed E-state index contributed by atoms with van der Waals surface area (Å²) in [5.74, 6) is 6.04. The zero-order valence-corrected chi connectivity index (χ0v) is 8.82. The van der Waals surface area contributed by atoms with Gasteiger partial charge in [0.25, 0.3) is 0 Å². The van der Waals surface area contributed by atoms with Gasteiger partial charge in [-0.25, -0.2) is 0 Å². The number of hydrogen-bond acceptors (Lipinski definition) is 0. The topological polar surface area (TPSA) is 0 Å². The maximum Gasteiger partial charge on any atom is 0.0418 e. The summed E-state index contributed by atoms with van der Waals surface area (Å²) in [6.07, 6.45) is 0.868.